The maximum Gasteiger partial charge on any atom is 0.169 e. The zero-order valence-electron chi connectivity index (χ0n) is 10.8. The van der Waals surface area contributed by atoms with E-state index < -0.39 is 11.4 Å². The summed E-state index contributed by atoms with van der Waals surface area (Å²) in [5.41, 5.74) is -0.465. The first kappa shape index (κ1) is 14.4. The number of benzene rings is 1. The second kappa shape index (κ2) is 5.99. The molecule has 1 aliphatic heterocycles. The summed E-state index contributed by atoms with van der Waals surface area (Å²) in [6, 6.07) is 4.71. The van der Waals surface area contributed by atoms with Gasteiger partial charge in [0.15, 0.2) is 5.78 Å². The lowest BCUT2D eigenvalue weighted by Gasteiger charge is -2.35. The van der Waals surface area contributed by atoms with E-state index in [2.05, 4.69) is 5.32 Å². The Kier molecular flexibility index (Phi) is 4.55. The van der Waals surface area contributed by atoms with Crippen LogP contribution in [0.3, 0.4) is 0 Å². The summed E-state index contributed by atoms with van der Waals surface area (Å²) in [6.07, 6.45) is 1.25. The van der Waals surface area contributed by atoms with Crippen molar-refractivity contribution in [3.8, 4) is 0 Å². The average Bonchev–Trinajstić information content (AvgIpc) is 2.44. The molecule has 1 saturated heterocycles. The molecule has 104 valence electrons. The molecule has 1 fully saturated rings. The van der Waals surface area contributed by atoms with Crippen LogP contribution in [0.25, 0.3) is 0 Å². The van der Waals surface area contributed by atoms with Crippen LogP contribution in [0.2, 0.25) is 5.02 Å². The Morgan fingerprint density at radius 1 is 1.47 bits per heavy atom. The highest BCUT2D eigenvalue weighted by Crippen LogP contribution is 2.27. The third kappa shape index (κ3) is 2.96. The van der Waals surface area contributed by atoms with Gasteiger partial charge in [0.25, 0.3) is 0 Å². The first-order valence-corrected chi connectivity index (χ1v) is 6.69. The largest absolute Gasteiger partial charge is 0.370 e. The van der Waals surface area contributed by atoms with Gasteiger partial charge in [-0.25, -0.2) is 4.39 Å². The Balaban J connectivity index is 2.17. The van der Waals surface area contributed by atoms with Gasteiger partial charge in [0.1, 0.15) is 11.4 Å². The van der Waals surface area contributed by atoms with Crippen LogP contribution in [0.4, 0.5) is 4.39 Å². The van der Waals surface area contributed by atoms with Crippen molar-refractivity contribution in [1.82, 2.24) is 5.32 Å². The smallest absolute Gasteiger partial charge is 0.169 e. The van der Waals surface area contributed by atoms with E-state index in [4.69, 9.17) is 16.3 Å². The fourth-order valence-electron chi connectivity index (χ4n) is 2.45. The number of hydrogen-bond donors (Lipinski definition) is 1. The quantitative estimate of drug-likeness (QED) is 0.923. The second-order valence-corrected chi connectivity index (χ2v) is 5.17. The molecule has 0 aromatic heterocycles. The zero-order chi connectivity index (χ0) is 13.9. The van der Waals surface area contributed by atoms with Crippen molar-refractivity contribution >= 4 is 17.4 Å². The molecular formula is C14H17ClFNO2. The molecule has 0 spiro atoms. The molecule has 0 unspecified atom stereocenters. The van der Waals surface area contributed by atoms with Crippen LogP contribution in [0.5, 0.6) is 0 Å². The van der Waals surface area contributed by atoms with Crippen molar-refractivity contribution in [3.05, 3.63) is 34.6 Å². The minimum absolute atomic E-state index is 0.0141. The molecule has 19 heavy (non-hydrogen) atoms. The van der Waals surface area contributed by atoms with Crippen molar-refractivity contribution in [3.63, 3.8) is 0 Å². The van der Waals surface area contributed by atoms with Gasteiger partial charge < -0.3 is 10.1 Å². The van der Waals surface area contributed by atoms with E-state index >= 15 is 0 Å². The van der Waals surface area contributed by atoms with Crippen LogP contribution in [0, 0.1) is 5.82 Å². The predicted octanol–water partition coefficient (Wildman–Crippen LogP) is 2.36. The molecule has 0 saturated carbocycles. The van der Waals surface area contributed by atoms with Gasteiger partial charge in [0.2, 0.25) is 0 Å². The molecule has 1 N–H and O–H groups in total. The molecule has 0 atom stereocenters. The number of Topliss-reactive ketones (excluding diaryl/α,β-unsaturated/α-hetero) is 1. The molecule has 0 bridgehead atoms. The van der Waals surface area contributed by atoms with Crippen LogP contribution < -0.4 is 5.32 Å². The summed E-state index contributed by atoms with van der Waals surface area (Å²) in [6.45, 7) is 1.47. The summed E-state index contributed by atoms with van der Waals surface area (Å²) >= 11 is 5.72. The first-order valence-electron chi connectivity index (χ1n) is 6.31. The predicted molar refractivity (Wildman–Crippen MR) is 72.0 cm³/mol. The normalized spacial score (nSPS) is 18.3. The monoisotopic (exact) mass is 285 g/mol. The van der Waals surface area contributed by atoms with Gasteiger partial charge in [0.05, 0.1) is 5.02 Å². The number of rotatable bonds is 4. The molecule has 1 heterocycles. The topological polar surface area (TPSA) is 38.3 Å². The molecule has 1 aromatic carbocycles. The fourth-order valence-corrected chi connectivity index (χ4v) is 2.64. The van der Waals surface area contributed by atoms with Crippen molar-refractivity contribution in [2.45, 2.75) is 24.9 Å². The van der Waals surface area contributed by atoms with Gasteiger partial charge in [-0.05, 0) is 37.6 Å². The number of nitrogens with one attached hydrogen (secondary N) is 1. The van der Waals surface area contributed by atoms with E-state index in [1.54, 1.807) is 12.1 Å². The molecular weight excluding hydrogens is 269 g/mol. The van der Waals surface area contributed by atoms with E-state index in [1.807, 2.05) is 0 Å². The number of piperidine rings is 1. The Bertz CT molecular complexity index is 473. The van der Waals surface area contributed by atoms with Gasteiger partial charge in [-0.15, -0.1) is 0 Å². The molecule has 3 nitrogen and oxygen atoms in total. The van der Waals surface area contributed by atoms with E-state index in [-0.39, 0.29) is 17.2 Å². The number of methoxy groups -OCH3 is 1. The molecule has 0 radical (unpaired) electrons. The van der Waals surface area contributed by atoms with E-state index in [0.29, 0.717) is 18.4 Å². The number of ether oxygens (including phenoxy) is 1. The molecule has 1 aromatic rings. The molecule has 0 amide bonds. The Hall–Kier alpha value is -0.970. The van der Waals surface area contributed by atoms with E-state index in [9.17, 15) is 9.18 Å². The Labute approximate surface area is 117 Å². The first-order chi connectivity index (χ1) is 9.09. The summed E-state index contributed by atoms with van der Waals surface area (Å²) in [5, 5.41) is 3.23. The van der Waals surface area contributed by atoms with Crippen LogP contribution in [0.15, 0.2) is 18.2 Å². The summed E-state index contributed by atoms with van der Waals surface area (Å²) < 4.78 is 19.3. The molecule has 2 rings (SSSR count). The van der Waals surface area contributed by atoms with Crippen LogP contribution in [-0.4, -0.2) is 31.6 Å². The Morgan fingerprint density at radius 2 is 2.16 bits per heavy atom. The lowest BCUT2D eigenvalue weighted by Crippen LogP contribution is -2.50. The second-order valence-electron chi connectivity index (χ2n) is 4.76. The van der Waals surface area contributed by atoms with Crippen LogP contribution >= 0.6 is 11.6 Å². The van der Waals surface area contributed by atoms with Crippen molar-refractivity contribution in [2.24, 2.45) is 0 Å². The average molecular weight is 286 g/mol. The van der Waals surface area contributed by atoms with Gasteiger partial charge >= 0.3 is 0 Å². The van der Waals surface area contributed by atoms with Crippen molar-refractivity contribution in [1.29, 1.82) is 0 Å². The minimum atomic E-state index is -0.792. The molecule has 5 heteroatoms. The fraction of sp³-hybridized carbons (Fsp3) is 0.500. The third-order valence-corrected chi connectivity index (χ3v) is 3.98. The highest BCUT2D eigenvalue weighted by Gasteiger charge is 2.39. The van der Waals surface area contributed by atoms with Crippen molar-refractivity contribution < 1.29 is 13.9 Å². The standard InChI is InChI=1S/C14H17ClFNO2/c1-19-14(5-7-17-8-6-14)12(18)9-10-3-2-4-11(15)13(10)16/h2-4,17H,5-9H2,1H3. The maximum absolute atomic E-state index is 13.8. The lowest BCUT2D eigenvalue weighted by atomic mass is 9.85. The van der Waals surface area contributed by atoms with Gasteiger partial charge in [-0.2, -0.15) is 0 Å². The number of carbonyl (C=O) groups excluding carboxylic acids is 1. The minimum Gasteiger partial charge on any atom is -0.370 e. The summed E-state index contributed by atoms with van der Waals surface area (Å²) in [4.78, 5) is 12.4. The van der Waals surface area contributed by atoms with Crippen LogP contribution in [0.1, 0.15) is 18.4 Å². The number of halogens is 2. The van der Waals surface area contributed by atoms with E-state index in [1.165, 1.54) is 13.2 Å². The van der Waals surface area contributed by atoms with Gasteiger partial charge in [-0.1, -0.05) is 23.7 Å². The zero-order valence-corrected chi connectivity index (χ0v) is 11.6. The summed E-state index contributed by atoms with van der Waals surface area (Å²) in [7, 11) is 1.54. The van der Waals surface area contributed by atoms with Gasteiger partial charge in [0, 0.05) is 13.5 Å². The highest BCUT2D eigenvalue weighted by molar-refractivity contribution is 6.30. The Morgan fingerprint density at radius 3 is 2.79 bits per heavy atom. The lowest BCUT2D eigenvalue weighted by molar-refractivity contribution is -0.143. The molecule has 0 aliphatic carbocycles. The SMILES string of the molecule is COC1(C(=O)Cc2cccc(Cl)c2F)CCNCC1. The number of ketones is 1. The number of carbonyl (C=O) groups is 1. The van der Waals surface area contributed by atoms with Crippen molar-refractivity contribution in [2.75, 3.05) is 20.2 Å². The maximum atomic E-state index is 13.8. The highest BCUT2D eigenvalue weighted by atomic mass is 35.5. The van der Waals surface area contributed by atoms with Gasteiger partial charge in [-0.3, -0.25) is 4.79 Å². The third-order valence-electron chi connectivity index (χ3n) is 3.69. The molecule has 1 aliphatic rings. The van der Waals surface area contributed by atoms with Crippen LogP contribution in [-0.2, 0) is 16.0 Å². The summed E-state index contributed by atoms with van der Waals surface area (Å²) in [5.74, 6) is -0.602. The number of hydrogen-bond acceptors (Lipinski definition) is 3. The van der Waals surface area contributed by atoms with E-state index in [0.717, 1.165) is 13.1 Å².